The third kappa shape index (κ3) is 3.54. The molecule has 0 radical (unpaired) electrons. The van der Waals surface area contributed by atoms with E-state index in [4.69, 9.17) is 4.74 Å². The van der Waals surface area contributed by atoms with Crippen LogP contribution in [0.2, 0.25) is 0 Å². The van der Waals surface area contributed by atoms with E-state index in [1.807, 2.05) is 0 Å². The van der Waals surface area contributed by atoms with Crippen LogP contribution in [-0.2, 0) is 17.6 Å². The summed E-state index contributed by atoms with van der Waals surface area (Å²) in [5.74, 6) is 0. The quantitative estimate of drug-likeness (QED) is 0.855. The van der Waals surface area contributed by atoms with Gasteiger partial charge in [-0.2, -0.15) is 0 Å². The van der Waals surface area contributed by atoms with Crippen molar-refractivity contribution >= 4 is 11.3 Å². The molecule has 4 heteroatoms. The van der Waals surface area contributed by atoms with Crippen LogP contribution in [0.1, 0.15) is 30.5 Å². The molecular weight excluding hydrogens is 220 g/mol. The molecule has 1 N–H and O–H groups in total. The lowest BCUT2D eigenvalue weighted by Crippen LogP contribution is -2.37. The van der Waals surface area contributed by atoms with Crippen molar-refractivity contribution in [3.05, 3.63) is 16.1 Å². The molecular formula is C12H20N2OS. The van der Waals surface area contributed by atoms with E-state index < -0.39 is 0 Å². The van der Waals surface area contributed by atoms with Crippen LogP contribution >= 0.6 is 11.3 Å². The summed E-state index contributed by atoms with van der Waals surface area (Å²) in [6, 6.07) is 0.554. The number of hydrogen-bond acceptors (Lipinski definition) is 4. The molecule has 1 aliphatic heterocycles. The molecule has 1 fully saturated rings. The Balaban J connectivity index is 1.66. The van der Waals surface area contributed by atoms with Crippen LogP contribution < -0.4 is 5.32 Å². The number of aryl methyl sites for hydroxylation is 1. The lowest BCUT2D eigenvalue weighted by Gasteiger charge is -2.22. The fraction of sp³-hybridized carbons (Fsp3) is 0.750. The van der Waals surface area contributed by atoms with Gasteiger partial charge in [-0.3, -0.25) is 0 Å². The van der Waals surface area contributed by atoms with Crippen LogP contribution in [0.15, 0.2) is 5.38 Å². The van der Waals surface area contributed by atoms with Crippen LogP contribution in [0.5, 0.6) is 0 Å². The fourth-order valence-electron chi connectivity index (χ4n) is 1.93. The Morgan fingerprint density at radius 3 is 3.25 bits per heavy atom. The third-order valence-electron chi connectivity index (χ3n) is 2.88. The van der Waals surface area contributed by atoms with E-state index in [1.54, 1.807) is 11.3 Å². The summed E-state index contributed by atoms with van der Waals surface area (Å²) in [6.45, 7) is 4.97. The van der Waals surface area contributed by atoms with Crippen molar-refractivity contribution in [3.63, 3.8) is 0 Å². The molecule has 0 amide bonds. The second-order valence-electron chi connectivity index (χ2n) is 4.20. The van der Waals surface area contributed by atoms with Crippen molar-refractivity contribution in [2.24, 2.45) is 0 Å². The van der Waals surface area contributed by atoms with E-state index in [-0.39, 0.29) is 0 Å². The second kappa shape index (κ2) is 6.33. The van der Waals surface area contributed by atoms with Gasteiger partial charge in [0.25, 0.3) is 0 Å². The van der Waals surface area contributed by atoms with Gasteiger partial charge in [0.15, 0.2) is 0 Å². The van der Waals surface area contributed by atoms with Gasteiger partial charge in [-0.25, -0.2) is 4.98 Å². The van der Waals surface area contributed by atoms with Gasteiger partial charge in [0.2, 0.25) is 0 Å². The molecule has 0 unspecified atom stereocenters. The predicted octanol–water partition coefficient (Wildman–Crippen LogP) is 2.02. The summed E-state index contributed by atoms with van der Waals surface area (Å²) in [6.07, 6.45) is 4.52. The normalized spacial score (nSPS) is 21.2. The maximum absolute atomic E-state index is 5.43. The minimum Gasteiger partial charge on any atom is -0.380 e. The molecule has 16 heavy (non-hydrogen) atoms. The van der Waals surface area contributed by atoms with E-state index in [0.29, 0.717) is 6.04 Å². The largest absolute Gasteiger partial charge is 0.380 e. The third-order valence-corrected chi connectivity index (χ3v) is 3.92. The van der Waals surface area contributed by atoms with Crippen molar-refractivity contribution in [2.75, 3.05) is 19.8 Å². The van der Waals surface area contributed by atoms with Gasteiger partial charge in [-0.05, 0) is 19.3 Å². The van der Waals surface area contributed by atoms with Crippen LogP contribution in [-0.4, -0.2) is 30.8 Å². The van der Waals surface area contributed by atoms with Gasteiger partial charge in [0.05, 0.1) is 17.3 Å². The van der Waals surface area contributed by atoms with Crippen molar-refractivity contribution in [1.29, 1.82) is 0 Å². The maximum Gasteiger partial charge on any atom is 0.0925 e. The van der Waals surface area contributed by atoms with Crippen molar-refractivity contribution < 1.29 is 4.74 Å². The summed E-state index contributed by atoms with van der Waals surface area (Å²) in [7, 11) is 0. The van der Waals surface area contributed by atoms with E-state index in [9.17, 15) is 0 Å². The van der Waals surface area contributed by atoms with Gasteiger partial charge < -0.3 is 10.1 Å². The fourth-order valence-corrected chi connectivity index (χ4v) is 2.71. The Morgan fingerprint density at radius 2 is 2.56 bits per heavy atom. The first kappa shape index (κ1) is 12.0. The number of nitrogens with one attached hydrogen (secondary N) is 1. The predicted molar refractivity (Wildman–Crippen MR) is 67.0 cm³/mol. The average Bonchev–Trinajstić information content (AvgIpc) is 2.78. The highest BCUT2D eigenvalue weighted by atomic mass is 32.1. The first-order chi connectivity index (χ1) is 7.88. The van der Waals surface area contributed by atoms with Gasteiger partial charge in [0, 0.05) is 31.0 Å². The molecule has 0 spiro atoms. The van der Waals surface area contributed by atoms with Crippen LogP contribution in [0, 0.1) is 0 Å². The Hall–Kier alpha value is -0.450. The molecule has 2 rings (SSSR count). The summed E-state index contributed by atoms with van der Waals surface area (Å²) in [4.78, 5) is 4.56. The molecule has 1 aliphatic rings. The van der Waals surface area contributed by atoms with E-state index in [0.717, 1.165) is 32.6 Å². The molecule has 90 valence electrons. The molecule has 1 aromatic rings. The van der Waals surface area contributed by atoms with Crippen molar-refractivity contribution in [2.45, 2.75) is 38.6 Å². The minimum absolute atomic E-state index is 0.554. The summed E-state index contributed by atoms with van der Waals surface area (Å²) < 4.78 is 5.43. The SMILES string of the molecule is CCc1nc(CCN[C@H]2CCCOC2)cs1. The molecule has 1 saturated heterocycles. The monoisotopic (exact) mass is 240 g/mol. The molecule has 0 aliphatic carbocycles. The highest BCUT2D eigenvalue weighted by Gasteiger charge is 2.12. The number of rotatable bonds is 5. The molecule has 1 aromatic heterocycles. The number of ether oxygens (including phenoxy) is 1. The van der Waals surface area contributed by atoms with Gasteiger partial charge in [0.1, 0.15) is 0 Å². The number of aromatic nitrogens is 1. The van der Waals surface area contributed by atoms with Crippen LogP contribution in [0.4, 0.5) is 0 Å². The van der Waals surface area contributed by atoms with Crippen molar-refractivity contribution in [3.8, 4) is 0 Å². The number of hydrogen-bond donors (Lipinski definition) is 1. The summed E-state index contributed by atoms with van der Waals surface area (Å²) in [5.41, 5.74) is 1.23. The van der Waals surface area contributed by atoms with Gasteiger partial charge >= 0.3 is 0 Å². The van der Waals surface area contributed by atoms with Crippen molar-refractivity contribution in [1.82, 2.24) is 10.3 Å². The first-order valence-corrected chi connectivity index (χ1v) is 7.01. The molecule has 2 heterocycles. The highest BCUT2D eigenvalue weighted by Crippen LogP contribution is 2.11. The number of nitrogens with zero attached hydrogens (tertiary/aromatic N) is 1. The summed E-state index contributed by atoms with van der Waals surface area (Å²) >= 11 is 1.77. The summed E-state index contributed by atoms with van der Waals surface area (Å²) in [5, 5.41) is 6.96. The average molecular weight is 240 g/mol. The Bertz CT molecular complexity index is 308. The zero-order valence-corrected chi connectivity index (χ0v) is 10.7. The minimum atomic E-state index is 0.554. The van der Waals surface area contributed by atoms with E-state index in [2.05, 4.69) is 22.6 Å². The lowest BCUT2D eigenvalue weighted by atomic mass is 10.1. The highest BCUT2D eigenvalue weighted by molar-refractivity contribution is 7.09. The van der Waals surface area contributed by atoms with Gasteiger partial charge in [-0.1, -0.05) is 6.92 Å². The first-order valence-electron chi connectivity index (χ1n) is 6.13. The Kier molecular flexibility index (Phi) is 4.75. The van der Waals surface area contributed by atoms with E-state index in [1.165, 1.54) is 23.5 Å². The zero-order valence-electron chi connectivity index (χ0n) is 9.87. The van der Waals surface area contributed by atoms with Gasteiger partial charge in [-0.15, -0.1) is 11.3 Å². The Morgan fingerprint density at radius 1 is 1.62 bits per heavy atom. The maximum atomic E-state index is 5.43. The molecule has 3 nitrogen and oxygen atoms in total. The Labute approximate surface area is 101 Å². The smallest absolute Gasteiger partial charge is 0.0925 e. The van der Waals surface area contributed by atoms with E-state index >= 15 is 0 Å². The zero-order chi connectivity index (χ0) is 11.2. The van der Waals surface area contributed by atoms with Crippen LogP contribution in [0.25, 0.3) is 0 Å². The number of thiazole rings is 1. The molecule has 0 aromatic carbocycles. The molecule has 0 bridgehead atoms. The lowest BCUT2D eigenvalue weighted by molar-refractivity contribution is 0.0707. The standard InChI is InChI=1S/C12H20N2OS/c1-2-12-14-11(9-16-12)5-6-13-10-4-3-7-15-8-10/h9-10,13H,2-8H2,1H3/t10-/m0/s1. The van der Waals surface area contributed by atoms with Crippen LogP contribution in [0.3, 0.4) is 0 Å². The molecule has 0 saturated carbocycles. The topological polar surface area (TPSA) is 34.2 Å². The molecule has 1 atom stereocenters. The second-order valence-corrected chi connectivity index (χ2v) is 5.15.